The molecule has 19 heavy (non-hydrogen) atoms. The monoisotopic (exact) mass is 335 g/mol. The van der Waals surface area contributed by atoms with Gasteiger partial charge >= 0.3 is 0 Å². The number of aryl methyl sites for hydroxylation is 1. The normalized spacial score (nSPS) is 12.4. The smallest absolute Gasteiger partial charge is 0.0314 e. The standard InChI is InChI=1S/C16H18BrNS/c1-11-5-3-4-6-14(11)10-19-16-8-7-13(12(2)18)9-15(16)17/h3-9,12H,10,18H2,1-2H3/t12-/m0/s1. The van der Waals surface area contributed by atoms with E-state index in [1.165, 1.54) is 16.0 Å². The average Bonchev–Trinajstić information content (AvgIpc) is 2.39. The maximum absolute atomic E-state index is 5.89. The van der Waals surface area contributed by atoms with Crippen LogP contribution in [-0.4, -0.2) is 0 Å². The van der Waals surface area contributed by atoms with Crippen molar-refractivity contribution in [1.29, 1.82) is 0 Å². The Hall–Kier alpha value is -0.770. The van der Waals surface area contributed by atoms with Crippen LogP contribution in [0.15, 0.2) is 51.8 Å². The van der Waals surface area contributed by atoms with E-state index in [-0.39, 0.29) is 6.04 Å². The first-order valence-corrected chi connectivity index (χ1v) is 8.08. The van der Waals surface area contributed by atoms with Gasteiger partial charge in [-0.15, -0.1) is 11.8 Å². The fourth-order valence-electron chi connectivity index (χ4n) is 1.84. The second-order valence-corrected chi connectivity index (χ2v) is 6.57. The molecular formula is C16H18BrNS. The van der Waals surface area contributed by atoms with Gasteiger partial charge in [0, 0.05) is 21.2 Å². The Bertz CT molecular complexity index is 566. The molecule has 2 aromatic rings. The van der Waals surface area contributed by atoms with Gasteiger partial charge in [-0.05, 0) is 58.6 Å². The van der Waals surface area contributed by atoms with Crippen LogP contribution in [-0.2, 0) is 5.75 Å². The maximum atomic E-state index is 5.89. The zero-order chi connectivity index (χ0) is 13.8. The predicted octanol–water partition coefficient (Wildman–Crippen LogP) is 5.07. The molecule has 3 heteroatoms. The molecule has 2 aromatic carbocycles. The van der Waals surface area contributed by atoms with Gasteiger partial charge in [0.05, 0.1) is 0 Å². The van der Waals surface area contributed by atoms with E-state index in [0.29, 0.717) is 0 Å². The second-order valence-electron chi connectivity index (χ2n) is 4.69. The zero-order valence-corrected chi connectivity index (χ0v) is 13.6. The van der Waals surface area contributed by atoms with Crippen molar-refractivity contribution >= 4 is 27.7 Å². The molecule has 2 N–H and O–H groups in total. The lowest BCUT2D eigenvalue weighted by Crippen LogP contribution is -2.04. The Morgan fingerprint density at radius 1 is 1.21 bits per heavy atom. The summed E-state index contributed by atoms with van der Waals surface area (Å²) in [5.74, 6) is 0.989. The Balaban J connectivity index is 2.10. The molecule has 0 aromatic heterocycles. The van der Waals surface area contributed by atoms with Gasteiger partial charge in [0.15, 0.2) is 0 Å². The molecular weight excluding hydrogens is 318 g/mol. The van der Waals surface area contributed by atoms with E-state index in [1.54, 1.807) is 0 Å². The summed E-state index contributed by atoms with van der Waals surface area (Å²) in [6, 6.07) is 15.0. The molecule has 100 valence electrons. The van der Waals surface area contributed by atoms with Crippen molar-refractivity contribution in [2.45, 2.75) is 30.5 Å². The highest BCUT2D eigenvalue weighted by Gasteiger charge is 2.06. The average molecular weight is 336 g/mol. The molecule has 0 amide bonds. The summed E-state index contributed by atoms with van der Waals surface area (Å²) in [5.41, 5.74) is 9.78. The Labute approximate surface area is 127 Å². The number of hydrogen-bond donors (Lipinski definition) is 1. The van der Waals surface area contributed by atoms with Gasteiger partial charge in [-0.3, -0.25) is 0 Å². The van der Waals surface area contributed by atoms with Crippen LogP contribution in [0.1, 0.15) is 29.7 Å². The molecule has 0 bridgehead atoms. The van der Waals surface area contributed by atoms with Gasteiger partial charge in [-0.25, -0.2) is 0 Å². The highest BCUT2D eigenvalue weighted by Crippen LogP contribution is 2.32. The lowest BCUT2D eigenvalue weighted by molar-refractivity contribution is 0.815. The minimum Gasteiger partial charge on any atom is -0.324 e. The highest BCUT2D eigenvalue weighted by molar-refractivity contribution is 9.10. The molecule has 0 aliphatic heterocycles. The Morgan fingerprint density at radius 2 is 1.95 bits per heavy atom. The third-order valence-electron chi connectivity index (χ3n) is 3.13. The van der Waals surface area contributed by atoms with Crippen LogP contribution in [0.25, 0.3) is 0 Å². The summed E-state index contributed by atoms with van der Waals surface area (Å²) < 4.78 is 1.13. The molecule has 0 radical (unpaired) electrons. The van der Waals surface area contributed by atoms with Gasteiger partial charge in [-0.2, -0.15) is 0 Å². The van der Waals surface area contributed by atoms with Gasteiger partial charge in [0.2, 0.25) is 0 Å². The molecule has 0 saturated carbocycles. The summed E-state index contributed by atoms with van der Waals surface area (Å²) in [6.45, 7) is 4.16. The van der Waals surface area contributed by atoms with Crippen molar-refractivity contribution in [3.63, 3.8) is 0 Å². The van der Waals surface area contributed by atoms with E-state index in [0.717, 1.165) is 15.8 Å². The number of nitrogens with two attached hydrogens (primary N) is 1. The summed E-state index contributed by atoms with van der Waals surface area (Å²) >= 11 is 5.48. The molecule has 0 saturated heterocycles. The molecule has 0 aliphatic rings. The summed E-state index contributed by atoms with van der Waals surface area (Å²) in [6.07, 6.45) is 0. The predicted molar refractivity (Wildman–Crippen MR) is 87.5 cm³/mol. The topological polar surface area (TPSA) is 26.0 Å². The lowest BCUT2D eigenvalue weighted by atomic mass is 10.1. The van der Waals surface area contributed by atoms with Crippen LogP contribution < -0.4 is 5.73 Å². The first-order valence-electron chi connectivity index (χ1n) is 6.30. The van der Waals surface area contributed by atoms with Gasteiger partial charge in [0.1, 0.15) is 0 Å². The number of halogens is 1. The maximum Gasteiger partial charge on any atom is 0.0314 e. The summed E-state index contributed by atoms with van der Waals surface area (Å²) in [5, 5.41) is 0. The third kappa shape index (κ3) is 3.85. The second kappa shape index (κ2) is 6.60. The number of hydrogen-bond acceptors (Lipinski definition) is 2. The van der Waals surface area contributed by atoms with Crippen LogP contribution >= 0.6 is 27.7 Å². The SMILES string of the molecule is Cc1ccccc1CSc1ccc([C@H](C)N)cc1Br. The minimum absolute atomic E-state index is 0.0757. The summed E-state index contributed by atoms with van der Waals surface area (Å²) in [7, 11) is 0. The van der Waals surface area contributed by atoms with Gasteiger partial charge in [-0.1, -0.05) is 30.3 Å². The van der Waals surface area contributed by atoms with Crippen molar-refractivity contribution < 1.29 is 0 Å². The van der Waals surface area contributed by atoms with Crippen molar-refractivity contribution in [3.8, 4) is 0 Å². The minimum atomic E-state index is 0.0757. The van der Waals surface area contributed by atoms with Crippen molar-refractivity contribution in [2.24, 2.45) is 5.73 Å². The number of thioether (sulfide) groups is 1. The van der Waals surface area contributed by atoms with E-state index in [9.17, 15) is 0 Å². The largest absolute Gasteiger partial charge is 0.324 e. The lowest BCUT2D eigenvalue weighted by Gasteiger charge is -2.10. The van der Waals surface area contributed by atoms with Crippen LogP contribution in [0, 0.1) is 6.92 Å². The number of benzene rings is 2. The van der Waals surface area contributed by atoms with Crippen LogP contribution in [0.5, 0.6) is 0 Å². The zero-order valence-electron chi connectivity index (χ0n) is 11.2. The Kier molecular flexibility index (Phi) is 5.08. The first kappa shape index (κ1) is 14.6. The third-order valence-corrected chi connectivity index (χ3v) is 5.17. The van der Waals surface area contributed by atoms with Gasteiger partial charge in [0.25, 0.3) is 0 Å². The van der Waals surface area contributed by atoms with Crippen LogP contribution in [0.4, 0.5) is 0 Å². The molecule has 0 unspecified atom stereocenters. The van der Waals surface area contributed by atoms with Gasteiger partial charge < -0.3 is 5.73 Å². The number of rotatable bonds is 4. The van der Waals surface area contributed by atoms with E-state index in [2.05, 4.69) is 65.3 Å². The molecule has 0 heterocycles. The molecule has 0 aliphatic carbocycles. The van der Waals surface area contributed by atoms with Crippen LogP contribution in [0.3, 0.4) is 0 Å². The molecule has 1 atom stereocenters. The van der Waals surface area contributed by atoms with E-state index < -0.39 is 0 Å². The van der Waals surface area contributed by atoms with Crippen molar-refractivity contribution in [1.82, 2.24) is 0 Å². The molecule has 1 nitrogen and oxygen atoms in total. The van der Waals surface area contributed by atoms with Crippen LogP contribution in [0.2, 0.25) is 0 Å². The Morgan fingerprint density at radius 3 is 2.58 bits per heavy atom. The summed E-state index contributed by atoms with van der Waals surface area (Å²) in [4.78, 5) is 1.26. The molecule has 2 rings (SSSR count). The first-order chi connectivity index (χ1) is 9.08. The van der Waals surface area contributed by atoms with E-state index in [4.69, 9.17) is 5.73 Å². The quantitative estimate of drug-likeness (QED) is 0.789. The fraction of sp³-hybridized carbons (Fsp3) is 0.250. The highest BCUT2D eigenvalue weighted by atomic mass is 79.9. The molecule has 0 fully saturated rings. The van der Waals surface area contributed by atoms with E-state index in [1.807, 2.05) is 18.7 Å². The van der Waals surface area contributed by atoms with Crippen molar-refractivity contribution in [2.75, 3.05) is 0 Å². The van der Waals surface area contributed by atoms with E-state index >= 15 is 0 Å². The fourth-order valence-corrected chi connectivity index (χ4v) is 3.58. The van der Waals surface area contributed by atoms with Crippen molar-refractivity contribution in [3.05, 3.63) is 63.6 Å². The molecule has 0 spiro atoms.